The maximum absolute atomic E-state index is 12.5. The lowest BCUT2D eigenvalue weighted by molar-refractivity contribution is -0.107. The van der Waals surface area contributed by atoms with E-state index in [1.165, 1.54) is 23.0 Å². The summed E-state index contributed by atoms with van der Waals surface area (Å²) in [5.74, 6) is -1.19. The molecule has 0 bridgehead atoms. The Labute approximate surface area is 151 Å². The molecular formula is C17H13ClN2O4S. The van der Waals surface area contributed by atoms with Gasteiger partial charge >= 0.3 is 0 Å². The van der Waals surface area contributed by atoms with Crippen molar-refractivity contribution in [3.05, 3.63) is 51.3 Å². The molecule has 2 heterocycles. The van der Waals surface area contributed by atoms with Crippen molar-refractivity contribution in [2.75, 3.05) is 6.54 Å². The maximum Gasteiger partial charge on any atom is 0.267 e. The average molecular weight is 377 g/mol. The van der Waals surface area contributed by atoms with E-state index >= 15 is 0 Å². The smallest absolute Gasteiger partial charge is 0.267 e. The first-order valence-electron chi connectivity index (χ1n) is 7.28. The summed E-state index contributed by atoms with van der Waals surface area (Å²) in [4.78, 5) is 35.7. The Balaban J connectivity index is 2.24. The zero-order valence-corrected chi connectivity index (χ0v) is 14.6. The molecule has 0 aliphatic heterocycles. The predicted octanol–water partition coefficient (Wildman–Crippen LogP) is 2.55. The van der Waals surface area contributed by atoms with E-state index in [9.17, 15) is 19.5 Å². The molecule has 0 saturated carbocycles. The number of benzene rings is 1. The van der Waals surface area contributed by atoms with Gasteiger partial charge in [-0.1, -0.05) is 29.8 Å². The highest BCUT2D eigenvalue weighted by Gasteiger charge is 2.23. The lowest BCUT2D eigenvalue weighted by Gasteiger charge is -2.08. The third-order valence-corrected chi connectivity index (χ3v) is 5.25. The normalized spacial score (nSPS) is 10.8. The van der Waals surface area contributed by atoms with Gasteiger partial charge in [0.2, 0.25) is 0 Å². The number of nitrogens with zero attached hydrogens (tertiary/aromatic N) is 1. The number of aryl methyl sites for hydroxylation is 1. The molecule has 0 fully saturated rings. The number of carbonyl (C=O) groups is 2. The fourth-order valence-corrected chi connectivity index (χ4v) is 3.98. The molecule has 0 saturated heterocycles. The summed E-state index contributed by atoms with van der Waals surface area (Å²) in [5, 5.41) is 13.3. The molecule has 0 atom stereocenters. The minimum atomic E-state index is -0.792. The van der Waals surface area contributed by atoms with Crippen LogP contribution in [-0.4, -0.2) is 28.4 Å². The van der Waals surface area contributed by atoms with Gasteiger partial charge in [0.15, 0.2) is 5.75 Å². The third-order valence-electron chi connectivity index (χ3n) is 3.76. The number of thiophene rings is 1. The molecule has 1 aromatic carbocycles. The van der Waals surface area contributed by atoms with Gasteiger partial charge in [0, 0.05) is 22.5 Å². The van der Waals surface area contributed by atoms with Crippen molar-refractivity contribution in [3.8, 4) is 16.2 Å². The predicted molar refractivity (Wildman–Crippen MR) is 97.6 cm³/mol. The number of halogens is 1. The average Bonchev–Trinajstić information content (AvgIpc) is 3.04. The Hall–Kier alpha value is -2.64. The van der Waals surface area contributed by atoms with Crippen molar-refractivity contribution in [2.45, 2.75) is 0 Å². The van der Waals surface area contributed by atoms with Crippen LogP contribution >= 0.6 is 22.9 Å². The highest BCUT2D eigenvalue weighted by Crippen LogP contribution is 2.40. The number of aldehydes is 1. The van der Waals surface area contributed by atoms with Crippen LogP contribution < -0.4 is 10.9 Å². The molecule has 0 spiro atoms. The van der Waals surface area contributed by atoms with Crippen LogP contribution in [0.5, 0.6) is 5.75 Å². The van der Waals surface area contributed by atoms with Gasteiger partial charge in [-0.2, -0.15) is 0 Å². The molecule has 6 nitrogen and oxygen atoms in total. The van der Waals surface area contributed by atoms with Crippen molar-refractivity contribution in [3.63, 3.8) is 0 Å². The molecule has 0 radical (unpaired) electrons. The second-order valence-electron chi connectivity index (χ2n) is 5.27. The number of fused-ring (bicyclic) bond motifs is 1. The summed E-state index contributed by atoms with van der Waals surface area (Å²) >= 11 is 7.44. The fourth-order valence-electron chi connectivity index (χ4n) is 2.51. The Kier molecular flexibility index (Phi) is 4.61. The van der Waals surface area contributed by atoms with E-state index in [4.69, 9.17) is 11.6 Å². The van der Waals surface area contributed by atoms with Gasteiger partial charge in [0.05, 0.1) is 16.8 Å². The quantitative estimate of drug-likeness (QED) is 0.685. The van der Waals surface area contributed by atoms with Gasteiger partial charge in [0.1, 0.15) is 11.8 Å². The Morgan fingerprint density at radius 2 is 2.12 bits per heavy atom. The van der Waals surface area contributed by atoms with E-state index in [1.807, 2.05) is 18.2 Å². The van der Waals surface area contributed by atoms with Gasteiger partial charge in [-0.25, -0.2) is 0 Å². The minimum absolute atomic E-state index is 0.241. The Morgan fingerprint density at radius 3 is 2.80 bits per heavy atom. The SMILES string of the molecule is Cn1c(=O)c(C(=O)NCC=O)c(O)c2sc(-c3ccccc3Cl)cc21. The van der Waals surface area contributed by atoms with E-state index in [0.29, 0.717) is 21.5 Å². The molecule has 3 aromatic rings. The Morgan fingerprint density at radius 1 is 1.40 bits per heavy atom. The number of pyridine rings is 1. The van der Waals surface area contributed by atoms with Gasteiger partial charge in [0.25, 0.3) is 11.5 Å². The number of carbonyl (C=O) groups excluding carboxylic acids is 2. The van der Waals surface area contributed by atoms with Crippen LogP contribution in [0.25, 0.3) is 20.7 Å². The summed E-state index contributed by atoms with van der Waals surface area (Å²) in [6.45, 7) is -0.241. The maximum atomic E-state index is 12.5. The molecule has 0 unspecified atom stereocenters. The molecule has 1 amide bonds. The standard InChI is InChI=1S/C17H13ClN2O4S/c1-20-11-8-12(9-4-2-3-5-10(9)18)25-15(11)14(22)13(17(20)24)16(23)19-6-7-21/h2-5,7-8,22H,6H2,1H3,(H,19,23). The zero-order chi connectivity index (χ0) is 18.1. The third kappa shape index (κ3) is 2.92. The van der Waals surface area contributed by atoms with E-state index < -0.39 is 17.2 Å². The number of hydrogen-bond acceptors (Lipinski definition) is 5. The van der Waals surface area contributed by atoms with Crippen molar-refractivity contribution in [1.82, 2.24) is 9.88 Å². The van der Waals surface area contributed by atoms with E-state index in [0.717, 1.165) is 10.4 Å². The summed E-state index contributed by atoms with van der Waals surface area (Å²) in [6.07, 6.45) is 0.499. The lowest BCUT2D eigenvalue weighted by atomic mass is 10.1. The van der Waals surface area contributed by atoms with Crippen molar-refractivity contribution in [2.24, 2.45) is 7.05 Å². The second-order valence-corrected chi connectivity index (χ2v) is 6.73. The number of rotatable bonds is 4. The van der Waals surface area contributed by atoms with Crippen LogP contribution in [-0.2, 0) is 11.8 Å². The molecule has 0 aliphatic rings. The summed E-state index contributed by atoms with van der Waals surface area (Å²) in [6, 6.07) is 8.97. The largest absolute Gasteiger partial charge is 0.505 e. The first-order chi connectivity index (χ1) is 12.0. The minimum Gasteiger partial charge on any atom is -0.505 e. The van der Waals surface area contributed by atoms with Crippen LogP contribution in [0.3, 0.4) is 0 Å². The second kappa shape index (κ2) is 6.70. The molecule has 3 rings (SSSR count). The highest BCUT2D eigenvalue weighted by atomic mass is 35.5. The number of aromatic hydroxyl groups is 1. The molecule has 128 valence electrons. The van der Waals surface area contributed by atoms with Crippen LogP contribution in [0, 0.1) is 0 Å². The first-order valence-corrected chi connectivity index (χ1v) is 8.47. The molecular weight excluding hydrogens is 364 g/mol. The number of amides is 1. The van der Waals surface area contributed by atoms with Gasteiger partial charge in [-0.05, 0) is 12.1 Å². The van der Waals surface area contributed by atoms with Crippen molar-refractivity contribution < 1.29 is 14.7 Å². The van der Waals surface area contributed by atoms with Crippen LogP contribution in [0.4, 0.5) is 0 Å². The molecule has 2 N–H and O–H groups in total. The van der Waals surface area contributed by atoms with Gasteiger partial charge < -0.3 is 19.8 Å². The summed E-state index contributed by atoms with van der Waals surface area (Å²) in [5.41, 5.74) is 0.236. The molecule has 8 heteroatoms. The van der Waals surface area contributed by atoms with E-state index in [-0.39, 0.29) is 12.1 Å². The summed E-state index contributed by atoms with van der Waals surface area (Å²) < 4.78 is 1.69. The lowest BCUT2D eigenvalue weighted by Crippen LogP contribution is -2.33. The number of nitrogens with one attached hydrogen (secondary N) is 1. The molecule has 2 aromatic heterocycles. The van der Waals surface area contributed by atoms with Crippen LogP contribution in [0.1, 0.15) is 10.4 Å². The first kappa shape index (κ1) is 17.2. The monoisotopic (exact) mass is 376 g/mol. The van der Waals surface area contributed by atoms with E-state index in [2.05, 4.69) is 5.32 Å². The van der Waals surface area contributed by atoms with Gasteiger partial charge in [-0.3, -0.25) is 9.59 Å². The fraction of sp³-hybridized carbons (Fsp3) is 0.118. The van der Waals surface area contributed by atoms with Crippen molar-refractivity contribution >= 4 is 45.3 Å². The topological polar surface area (TPSA) is 88.4 Å². The van der Waals surface area contributed by atoms with Crippen LogP contribution in [0.15, 0.2) is 35.1 Å². The zero-order valence-electron chi connectivity index (χ0n) is 13.1. The number of aromatic nitrogens is 1. The van der Waals surface area contributed by atoms with Gasteiger partial charge in [-0.15, -0.1) is 11.3 Å². The molecule has 25 heavy (non-hydrogen) atoms. The highest BCUT2D eigenvalue weighted by molar-refractivity contribution is 7.22. The van der Waals surface area contributed by atoms with Crippen molar-refractivity contribution in [1.29, 1.82) is 0 Å². The Bertz CT molecular complexity index is 1050. The molecule has 0 aliphatic carbocycles. The number of hydrogen-bond donors (Lipinski definition) is 2. The van der Waals surface area contributed by atoms with E-state index in [1.54, 1.807) is 12.1 Å². The summed E-state index contributed by atoms with van der Waals surface area (Å²) in [7, 11) is 1.52. The van der Waals surface area contributed by atoms with Crippen LogP contribution in [0.2, 0.25) is 5.02 Å².